The third-order valence-corrected chi connectivity index (χ3v) is 1.09. The van der Waals surface area contributed by atoms with E-state index >= 15 is 0 Å². The van der Waals surface area contributed by atoms with Crippen LogP contribution in [0.5, 0.6) is 0 Å². The molecule has 11 heavy (non-hydrogen) atoms. The minimum atomic E-state index is -0.167. The highest BCUT2D eigenvalue weighted by molar-refractivity contribution is 5.71. The van der Waals surface area contributed by atoms with Gasteiger partial charge in [-0.25, -0.2) is 0 Å². The fourth-order valence-electron chi connectivity index (χ4n) is 0.663. The Morgan fingerprint density at radius 1 is 1.64 bits per heavy atom. The summed E-state index contributed by atoms with van der Waals surface area (Å²) >= 11 is 0. The molecule has 1 aliphatic rings. The summed E-state index contributed by atoms with van der Waals surface area (Å²) < 4.78 is 4.72. The maximum absolute atomic E-state index is 10.2. The number of aliphatic hydroxyl groups excluding tert-OH is 1. The molecule has 0 spiro atoms. The number of hydrogen-bond donors (Lipinski definition) is 1. The fourth-order valence-corrected chi connectivity index (χ4v) is 0.663. The van der Waals surface area contributed by atoms with E-state index in [2.05, 4.69) is 0 Å². The van der Waals surface area contributed by atoms with Crippen molar-refractivity contribution in [2.45, 2.75) is 45.8 Å². The van der Waals surface area contributed by atoms with Crippen molar-refractivity contribution < 1.29 is 14.6 Å². The van der Waals surface area contributed by atoms with Gasteiger partial charge in [-0.05, 0) is 27.2 Å². The quantitative estimate of drug-likeness (QED) is 0.540. The summed E-state index contributed by atoms with van der Waals surface area (Å²) in [5.74, 6) is -0.0486. The monoisotopic (exact) mass is 160 g/mol. The summed E-state index contributed by atoms with van der Waals surface area (Å²) in [4.78, 5) is 10.2. The average Bonchev–Trinajstić information content (AvgIpc) is 2.13. The van der Waals surface area contributed by atoms with Crippen LogP contribution in [-0.2, 0) is 9.53 Å². The Bertz CT molecular complexity index is 118. The van der Waals surface area contributed by atoms with Crippen molar-refractivity contribution in [3.8, 4) is 0 Å². The lowest BCUT2D eigenvalue weighted by Gasteiger charge is -1.95. The van der Waals surface area contributed by atoms with Gasteiger partial charge in [0.2, 0.25) is 0 Å². The first-order valence-corrected chi connectivity index (χ1v) is 3.90. The number of rotatable bonds is 0. The van der Waals surface area contributed by atoms with Crippen LogP contribution in [0.15, 0.2) is 0 Å². The second-order valence-corrected chi connectivity index (χ2v) is 2.93. The minimum absolute atomic E-state index is 0.0486. The Kier molecular flexibility index (Phi) is 4.86. The molecule has 3 nitrogen and oxygen atoms in total. The van der Waals surface area contributed by atoms with Crippen molar-refractivity contribution in [2.24, 2.45) is 0 Å². The zero-order valence-electron chi connectivity index (χ0n) is 7.33. The molecule has 0 aromatic rings. The number of carbonyl (C=O) groups is 1. The third kappa shape index (κ3) is 7.33. The average molecular weight is 160 g/mol. The van der Waals surface area contributed by atoms with Gasteiger partial charge in [-0.1, -0.05) is 0 Å². The molecule has 0 aliphatic carbocycles. The molecule has 1 unspecified atom stereocenters. The van der Waals surface area contributed by atoms with E-state index in [0.29, 0.717) is 6.42 Å². The molecular weight excluding hydrogens is 144 g/mol. The molecule has 0 amide bonds. The van der Waals surface area contributed by atoms with Gasteiger partial charge in [-0.15, -0.1) is 0 Å². The van der Waals surface area contributed by atoms with Gasteiger partial charge < -0.3 is 9.84 Å². The van der Waals surface area contributed by atoms with Crippen LogP contribution in [0.3, 0.4) is 0 Å². The minimum Gasteiger partial charge on any atom is -0.463 e. The van der Waals surface area contributed by atoms with E-state index in [1.165, 1.54) is 0 Å². The van der Waals surface area contributed by atoms with Gasteiger partial charge in [-0.2, -0.15) is 0 Å². The molecule has 1 N–H and O–H groups in total. The highest BCUT2D eigenvalue weighted by Crippen LogP contribution is 2.11. The number of aliphatic hydroxyl groups is 1. The molecule has 1 atom stereocenters. The topological polar surface area (TPSA) is 46.5 Å². The second-order valence-electron chi connectivity index (χ2n) is 2.93. The van der Waals surface area contributed by atoms with Crippen molar-refractivity contribution in [1.82, 2.24) is 0 Å². The molecule has 1 saturated heterocycles. The lowest BCUT2D eigenvalue weighted by atomic mass is 10.3. The predicted molar refractivity (Wildman–Crippen MR) is 42.1 cm³/mol. The van der Waals surface area contributed by atoms with E-state index in [1.54, 1.807) is 13.8 Å². The van der Waals surface area contributed by atoms with E-state index in [9.17, 15) is 4.79 Å². The third-order valence-electron chi connectivity index (χ3n) is 1.09. The first kappa shape index (κ1) is 10.4. The van der Waals surface area contributed by atoms with Gasteiger partial charge in [0.15, 0.2) is 0 Å². The van der Waals surface area contributed by atoms with E-state index in [-0.39, 0.29) is 18.2 Å². The molecule has 3 heteroatoms. The van der Waals surface area contributed by atoms with E-state index in [0.717, 1.165) is 6.42 Å². The Hall–Kier alpha value is -0.570. The lowest BCUT2D eigenvalue weighted by Crippen LogP contribution is -1.98. The molecular formula is C8H16O3. The summed E-state index contributed by atoms with van der Waals surface area (Å²) in [5.41, 5.74) is 0. The summed E-state index contributed by atoms with van der Waals surface area (Å²) in [6.45, 7) is 5.35. The van der Waals surface area contributed by atoms with Crippen LogP contribution in [0.25, 0.3) is 0 Å². The Morgan fingerprint density at radius 2 is 2.09 bits per heavy atom. The molecule has 1 heterocycles. The Labute approximate surface area is 67.4 Å². The first-order valence-electron chi connectivity index (χ1n) is 3.90. The van der Waals surface area contributed by atoms with Gasteiger partial charge in [-0.3, -0.25) is 4.79 Å². The normalized spacial score (nSPS) is 22.6. The van der Waals surface area contributed by atoms with Crippen LogP contribution in [-0.4, -0.2) is 23.3 Å². The van der Waals surface area contributed by atoms with Gasteiger partial charge in [0, 0.05) is 12.5 Å². The lowest BCUT2D eigenvalue weighted by molar-refractivity contribution is -0.140. The van der Waals surface area contributed by atoms with E-state index < -0.39 is 0 Å². The number of carbonyl (C=O) groups excluding carboxylic acids is 1. The van der Waals surface area contributed by atoms with Crippen molar-refractivity contribution in [3.63, 3.8) is 0 Å². The smallest absolute Gasteiger partial charge is 0.306 e. The summed E-state index contributed by atoms with van der Waals surface area (Å²) in [7, 11) is 0. The van der Waals surface area contributed by atoms with Crippen LogP contribution < -0.4 is 0 Å². The predicted octanol–water partition coefficient (Wildman–Crippen LogP) is 1.10. The summed E-state index contributed by atoms with van der Waals surface area (Å²) in [6.07, 6.45) is 1.52. The number of cyclic esters (lactones) is 1. The maximum atomic E-state index is 10.2. The molecule has 0 aromatic heterocycles. The Morgan fingerprint density at radius 3 is 2.18 bits per heavy atom. The van der Waals surface area contributed by atoms with E-state index in [4.69, 9.17) is 9.84 Å². The molecule has 1 rings (SSSR count). The standard InChI is InChI=1S/C5H8O2.C3H8O/c1-4-2-3-5(6)7-4;1-3(2)4/h4H,2-3H2,1H3;3-4H,1-2H3. The fraction of sp³-hybridized carbons (Fsp3) is 0.875. The molecule has 0 radical (unpaired) electrons. The van der Waals surface area contributed by atoms with Crippen LogP contribution >= 0.6 is 0 Å². The zero-order chi connectivity index (χ0) is 8.85. The van der Waals surface area contributed by atoms with Crippen molar-refractivity contribution in [3.05, 3.63) is 0 Å². The van der Waals surface area contributed by atoms with Gasteiger partial charge in [0.1, 0.15) is 0 Å². The molecule has 1 fully saturated rings. The first-order chi connectivity index (χ1) is 5.02. The van der Waals surface area contributed by atoms with E-state index in [1.807, 2.05) is 6.92 Å². The number of hydrogen-bond acceptors (Lipinski definition) is 3. The SMILES string of the molecule is CC(C)O.CC1CCC(=O)O1. The van der Waals surface area contributed by atoms with Crippen molar-refractivity contribution >= 4 is 5.97 Å². The Balaban J connectivity index is 0.000000218. The zero-order valence-corrected chi connectivity index (χ0v) is 7.33. The van der Waals surface area contributed by atoms with Crippen LogP contribution in [0.4, 0.5) is 0 Å². The highest BCUT2D eigenvalue weighted by Gasteiger charge is 2.17. The summed E-state index contributed by atoms with van der Waals surface area (Å²) in [5, 5.41) is 8.06. The van der Waals surface area contributed by atoms with Crippen molar-refractivity contribution in [1.29, 1.82) is 0 Å². The van der Waals surface area contributed by atoms with Gasteiger partial charge >= 0.3 is 5.97 Å². The second kappa shape index (κ2) is 5.13. The van der Waals surface area contributed by atoms with Crippen LogP contribution in [0.2, 0.25) is 0 Å². The molecule has 66 valence electrons. The molecule has 0 aromatic carbocycles. The highest BCUT2D eigenvalue weighted by atomic mass is 16.5. The number of ether oxygens (including phenoxy) is 1. The largest absolute Gasteiger partial charge is 0.463 e. The van der Waals surface area contributed by atoms with Crippen molar-refractivity contribution in [2.75, 3.05) is 0 Å². The van der Waals surface area contributed by atoms with Gasteiger partial charge in [0.25, 0.3) is 0 Å². The summed E-state index contributed by atoms with van der Waals surface area (Å²) in [6, 6.07) is 0. The van der Waals surface area contributed by atoms with Crippen LogP contribution in [0.1, 0.15) is 33.6 Å². The maximum Gasteiger partial charge on any atom is 0.306 e. The van der Waals surface area contributed by atoms with Gasteiger partial charge in [0.05, 0.1) is 6.10 Å². The molecule has 0 saturated carbocycles. The van der Waals surface area contributed by atoms with Crippen LogP contribution in [0, 0.1) is 0 Å². The number of esters is 1. The molecule has 0 bridgehead atoms. The molecule has 1 aliphatic heterocycles.